The topological polar surface area (TPSA) is 101 Å². The maximum atomic E-state index is 10.1. The molecule has 0 aliphatic rings. The molecular formula is C18H16O5. The largest absolute Gasteiger partial charge is 0.507 e. The average Bonchev–Trinajstić information content (AvgIpc) is 2.50. The van der Waals surface area contributed by atoms with E-state index in [1.165, 1.54) is 18.2 Å². The minimum Gasteiger partial charge on any atom is -0.507 e. The fourth-order valence-electron chi connectivity index (χ4n) is 2.84. The van der Waals surface area contributed by atoms with Gasteiger partial charge in [-0.2, -0.15) is 0 Å². The highest BCUT2D eigenvalue weighted by Crippen LogP contribution is 2.44. The van der Waals surface area contributed by atoms with E-state index < -0.39 is 0 Å². The Morgan fingerprint density at radius 1 is 0.696 bits per heavy atom. The first kappa shape index (κ1) is 14.8. The van der Waals surface area contributed by atoms with Gasteiger partial charge in [-0.25, -0.2) is 0 Å². The Morgan fingerprint density at radius 2 is 1.35 bits per heavy atom. The van der Waals surface area contributed by atoms with Gasteiger partial charge in [-0.05, 0) is 60.2 Å². The molecule has 23 heavy (non-hydrogen) atoms. The molecule has 0 fully saturated rings. The molecule has 0 spiro atoms. The summed E-state index contributed by atoms with van der Waals surface area (Å²) in [6.45, 7) is 3.26. The Hall–Kier alpha value is -3.08. The Labute approximate surface area is 132 Å². The van der Waals surface area contributed by atoms with Crippen molar-refractivity contribution in [2.45, 2.75) is 13.8 Å². The first-order valence-electron chi connectivity index (χ1n) is 7.01. The molecule has 118 valence electrons. The normalized spacial score (nSPS) is 11.0. The summed E-state index contributed by atoms with van der Waals surface area (Å²) in [6.07, 6.45) is 0. The van der Waals surface area contributed by atoms with E-state index in [4.69, 9.17) is 0 Å². The van der Waals surface area contributed by atoms with E-state index in [9.17, 15) is 25.5 Å². The summed E-state index contributed by atoms with van der Waals surface area (Å²) in [5.74, 6) is -1.03. The summed E-state index contributed by atoms with van der Waals surface area (Å²) >= 11 is 0. The fourth-order valence-corrected chi connectivity index (χ4v) is 2.84. The van der Waals surface area contributed by atoms with Crippen LogP contribution < -0.4 is 0 Å². The second kappa shape index (κ2) is 4.98. The average molecular weight is 312 g/mol. The number of aryl methyl sites for hydroxylation is 2. The number of aromatic hydroxyl groups is 5. The SMILES string of the molecule is Cc1cc(-c2ccc(O)c3c(C)c(O)c(O)cc23)cc(O)c1O. The molecule has 0 aromatic heterocycles. The lowest BCUT2D eigenvalue weighted by atomic mass is 9.93. The predicted octanol–water partition coefficient (Wildman–Crippen LogP) is 3.65. The lowest BCUT2D eigenvalue weighted by Crippen LogP contribution is -1.88. The van der Waals surface area contributed by atoms with E-state index in [1.54, 1.807) is 26.0 Å². The van der Waals surface area contributed by atoms with Gasteiger partial charge in [-0.1, -0.05) is 6.07 Å². The van der Waals surface area contributed by atoms with Crippen LogP contribution in [-0.4, -0.2) is 25.5 Å². The predicted molar refractivity (Wildman–Crippen MR) is 87.2 cm³/mol. The molecule has 0 atom stereocenters. The van der Waals surface area contributed by atoms with Crippen molar-refractivity contribution in [1.29, 1.82) is 0 Å². The van der Waals surface area contributed by atoms with Crippen molar-refractivity contribution in [3.05, 3.63) is 41.5 Å². The minimum atomic E-state index is -0.290. The minimum absolute atomic E-state index is 0.0173. The van der Waals surface area contributed by atoms with E-state index >= 15 is 0 Å². The first-order chi connectivity index (χ1) is 10.8. The molecule has 0 radical (unpaired) electrons. The quantitative estimate of drug-likeness (QED) is 0.441. The van der Waals surface area contributed by atoms with E-state index in [0.717, 1.165) is 0 Å². The summed E-state index contributed by atoms with van der Waals surface area (Å²) in [6, 6.07) is 7.61. The summed E-state index contributed by atoms with van der Waals surface area (Å²) in [5.41, 5.74) is 2.13. The van der Waals surface area contributed by atoms with Crippen LogP contribution in [0.4, 0.5) is 0 Å². The Bertz CT molecular complexity index is 921. The maximum absolute atomic E-state index is 10.1. The lowest BCUT2D eigenvalue weighted by Gasteiger charge is -2.14. The lowest BCUT2D eigenvalue weighted by molar-refractivity contribution is 0.401. The standard InChI is InChI=1S/C18H16O5/c1-8-5-10(6-14(20)17(8)22)11-3-4-13(19)16-9(2)18(23)15(21)7-12(11)16/h3-7,19-23H,1-2H3. The van der Waals surface area contributed by atoms with Crippen molar-refractivity contribution in [2.24, 2.45) is 0 Å². The zero-order chi connectivity index (χ0) is 16.9. The summed E-state index contributed by atoms with van der Waals surface area (Å²) < 4.78 is 0. The third-order valence-corrected chi connectivity index (χ3v) is 4.07. The van der Waals surface area contributed by atoms with Crippen LogP contribution in [0.25, 0.3) is 21.9 Å². The molecule has 0 saturated carbocycles. The molecule has 0 saturated heterocycles. The summed E-state index contributed by atoms with van der Waals surface area (Å²) in [7, 11) is 0. The van der Waals surface area contributed by atoms with E-state index in [1.807, 2.05) is 0 Å². The van der Waals surface area contributed by atoms with Crippen LogP contribution in [0.5, 0.6) is 28.7 Å². The van der Waals surface area contributed by atoms with Gasteiger partial charge in [-0.15, -0.1) is 0 Å². The van der Waals surface area contributed by atoms with Crippen LogP contribution in [0.3, 0.4) is 0 Å². The summed E-state index contributed by atoms with van der Waals surface area (Å²) in [5, 5.41) is 50.4. The van der Waals surface area contributed by atoms with Crippen LogP contribution in [0.15, 0.2) is 30.3 Å². The molecule has 0 aliphatic carbocycles. The zero-order valence-electron chi connectivity index (χ0n) is 12.6. The monoisotopic (exact) mass is 312 g/mol. The smallest absolute Gasteiger partial charge is 0.161 e. The van der Waals surface area contributed by atoms with E-state index in [0.29, 0.717) is 33.0 Å². The molecule has 0 heterocycles. The summed E-state index contributed by atoms with van der Waals surface area (Å²) in [4.78, 5) is 0. The number of phenols is 5. The molecule has 3 aromatic carbocycles. The highest BCUT2D eigenvalue weighted by atomic mass is 16.3. The molecular weight excluding hydrogens is 296 g/mol. The highest BCUT2D eigenvalue weighted by Gasteiger charge is 2.16. The van der Waals surface area contributed by atoms with Gasteiger partial charge in [0, 0.05) is 10.9 Å². The fraction of sp³-hybridized carbons (Fsp3) is 0.111. The van der Waals surface area contributed by atoms with Crippen molar-refractivity contribution in [3.63, 3.8) is 0 Å². The Morgan fingerprint density at radius 3 is 2.00 bits per heavy atom. The molecule has 0 bridgehead atoms. The number of hydrogen-bond donors (Lipinski definition) is 5. The molecule has 0 amide bonds. The Kier molecular flexibility index (Phi) is 3.21. The molecule has 5 N–H and O–H groups in total. The number of phenolic OH excluding ortho intramolecular Hbond substituents is 5. The van der Waals surface area contributed by atoms with Gasteiger partial charge in [0.05, 0.1) is 0 Å². The van der Waals surface area contributed by atoms with Crippen molar-refractivity contribution in [1.82, 2.24) is 0 Å². The van der Waals surface area contributed by atoms with Crippen LogP contribution in [0.1, 0.15) is 11.1 Å². The van der Waals surface area contributed by atoms with Crippen molar-refractivity contribution >= 4 is 10.8 Å². The molecule has 3 rings (SSSR count). The number of rotatable bonds is 1. The molecule has 0 unspecified atom stereocenters. The maximum Gasteiger partial charge on any atom is 0.161 e. The van der Waals surface area contributed by atoms with Crippen molar-refractivity contribution in [2.75, 3.05) is 0 Å². The van der Waals surface area contributed by atoms with Gasteiger partial charge in [0.1, 0.15) is 5.75 Å². The van der Waals surface area contributed by atoms with Gasteiger partial charge in [-0.3, -0.25) is 0 Å². The van der Waals surface area contributed by atoms with Crippen LogP contribution >= 0.6 is 0 Å². The van der Waals surface area contributed by atoms with Gasteiger partial charge in [0.25, 0.3) is 0 Å². The van der Waals surface area contributed by atoms with Gasteiger partial charge >= 0.3 is 0 Å². The van der Waals surface area contributed by atoms with Crippen LogP contribution in [-0.2, 0) is 0 Å². The molecule has 3 aromatic rings. The van der Waals surface area contributed by atoms with Crippen molar-refractivity contribution in [3.8, 4) is 39.9 Å². The first-order valence-corrected chi connectivity index (χ1v) is 7.01. The Balaban J connectivity index is 2.42. The highest BCUT2D eigenvalue weighted by molar-refractivity contribution is 6.04. The molecule has 5 nitrogen and oxygen atoms in total. The van der Waals surface area contributed by atoms with Crippen LogP contribution in [0.2, 0.25) is 0 Å². The van der Waals surface area contributed by atoms with Crippen molar-refractivity contribution < 1.29 is 25.5 Å². The molecule has 5 heteroatoms. The van der Waals surface area contributed by atoms with Gasteiger partial charge in [0.15, 0.2) is 23.0 Å². The second-order valence-electron chi connectivity index (χ2n) is 5.58. The number of fused-ring (bicyclic) bond motifs is 1. The third kappa shape index (κ3) is 2.17. The number of benzene rings is 3. The number of hydrogen-bond acceptors (Lipinski definition) is 5. The third-order valence-electron chi connectivity index (χ3n) is 4.07. The zero-order valence-corrected chi connectivity index (χ0v) is 12.6. The second-order valence-corrected chi connectivity index (χ2v) is 5.58. The molecule has 0 aliphatic heterocycles. The van der Waals surface area contributed by atoms with Crippen LogP contribution in [0, 0.1) is 13.8 Å². The van der Waals surface area contributed by atoms with Gasteiger partial charge in [0.2, 0.25) is 0 Å². The van der Waals surface area contributed by atoms with Gasteiger partial charge < -0.3 is 25.5 Å². The van der Waals surface area contributed by atoms with E-state index in [-0.39, 0.29) is 28.7 Å². The van der Waals surface area contributed by atoms with E-state index in [2.05, 4.69) is 0 Å².